The number of rotatable bonds is 10. The highest BCUT2D eigenvalue weighted by molar-refractivity contribution is 5.37. The van der Waals surface area contributed by atoms with Crippen molar-refractivity contribution < 1.29 is 14.3 Å². The van der Waals surface area contributed by atoms with Crippen molar-refractivity contribution >= 4 is 6.47 Å². The summed E-state index contributed by atoms with van der Waals surface area (Å²) in [5.41, 5.74) is 0. The number of hydrogen-bond donors (Lipinski definition) is 0. The van der Waals surface area contributed by atoms with Crippen LogP contribution in [0.25, 0.3) is 0 Å². The van der Waals surface area contributed by atoms with Gasteiger partial charge < -0.3 is 9.47 Å². The van der Waals surface area contributed by atoms with Crippen molar-refractivity contribution in [2.45, 2.75) is 65.4 Å². The molecule has 3 heteroatoms. The van der Waals surface area contributed by atoms with Gasteiger partial charge in [0.15, 0.2) is 0 Å². The molecule has 0 aliphatic heterocycles. The Hall–Kier alpha value is -0.570. The van der Waals surface area contributed by atoms with Gasteiger partial charge in [0.2, 0.25) is 0 Å². The Morgan fingerprint density at radius 3 is 2.58 bits per heavy atom. The zero-order valence-electron chi connectivity index (χ0n) is 12.8. The molecule has 1 aliphatic rings. The lowest BCUT2D eigenvalue weighted by molar-refractivity contribution is -0.137. The van der Waals surface area contributed by atoms with E-state index in [-0.39, 0.29) is 6.10 Å². The van der Waals surface area contributed by atoms with Crippen molar-refractivity contribution in [3.63, 3.8) is 0 Å². The summed E-state index contributed by atoms with van der Waals surface area (Å²) in [5.74, 6) is 2.10. The van der Waals surface area contributed by atoms with E-state index in [4.69, 9.17) is 9.47 Å². The number of ether oxygens (including phenoxy) is 2. The SMILES string of the molecule is CCOCCCC(OC=O)C1CC(CC)CC1CC. The van der Waals surface area contributed by atoms with Gasteiger partial charge >= 0.3 is 0 Å². The van der Waals surface area contributed by atoms with E-state index in [1.165, 1.54) is 25.7 Å². The van der Waals surface area contributed by atoms with Crippen LogP contribution in [0.3, 0.4) is 0 Å². The number of carbonyl (C=O) groups excluding carboxylic acids is 1. The summed E-state index contributed by atoms with van der Waals surface area (Å²) in [7, 11) is 0. The summed E-state index contributed by atoms with van der Waals surface area (Å²) in [6, 6.07) is 0. The molecule has 1 saturated carbocycles. The van der Waals surface area contributed by atoms with E-state index in [1.54, 1.807) is 0 Å². The number of carbonyl (C=O) groups is 1. The highest BCUT2D eigenvalue weighted by atomic mass is 16.5. The fraction of sp³-hybridized carbons (Fsp3) is 0.938. The van der Waals surface area contributed by atoms with Crippen molar-refractivity contribution in [2.75, 3.05) is 13.2 Å². The second-order valence-corrected chi connectivity index (χ2v) is 5.69. The van der Waals surface area contributed by atoms with Crippen LogP contribution in [-0.4, -0.2) is 25.8 Å². The predicted molar refractivity (Wildman–Crippen MR) is 77.0 cm³/mol. The van der Waals surface area contributed by atoms with Crippen molar-refractivity contribution in [2.24, 2.45) is 17.8 Å². The van der Waals surface area contributed by atoms with Gasteiger partial charge in [0.05, 0.1) is 0 Å². The Morgan fingerprint density at radius 2 is 2.00 bits per heavy atom. The highest BCUT2D eigenvalue weighted by Gasteiger charge is 2.37. The Kier molecular flexibility index (Phi) is 8.11. The minimum Gasteiger partial charge on any atom is -0.464 e. The van der Waals surface area contributed by atoms with Crippen molar-refractivity contribution in [1.82, 2.24) is 0 Å². The smallest absolute Gasteiger partial charge is 0.293 e. The molecule has 0 heterocycles. The first-order chi connectivity index (χ1) is 9.26. The van der Waals surface area contributed by atoms with Crippen molar-refractivity contribution in [1.29, 1.82) is 0 Å². The van der Waals surface area contributed by atoms with Crippen LogP contribution in [0.4, 0.5) is 0 Å². The largest absolute Gasteiger partial charge is 0.464 e. The first-order valence-electron chi connectivity index (χ1n) is 7.93. The lowest BCUT2D eigenvalue weighted by Crippen LogP contribution is -2.27. The van der Waals surface area contributed by atoms with Gasteiger partial charge in [-0.05, 0) is 50.4 Å². The molecule has 112 valence electrons. The van der Waals surface area contributed by atoms with Gasteiger partial charge in [0, 0.05) is 13.2 Å². The quantitative estimate of drug-likeness (QED) is 0.447. The van der Waals surface area contributed by atoms with Crippen LogP contribution < -0.4 is 0 Å². The van der Waals surface area contributed by atoms with Gasteiger partial charge in [-0.1, -0.05) is 26.7 Å². The third-order valence-electron chi connectivity index (χ3n) is 4.64. The molecule has 0 aromatic carbocycles. The normalized spacial score (nSPS) is 28.3. The number of hydrogen-bond acceptors (Lipinski definition) is 3. The van der Waals surface area contributed by atoms with E-state index in [0.29, 0.717) is 12.4 Å². The molecule has 4 unspecified atom stereocenters. The standard InChI is InChI=1S/C16H30O3/c1-4-13-10-14(5-2)15(11-13)16(19-12-17)8-7-9-18-6-3/h12-16H,4-11H2,1-3H3. The summed E-state index contributed by atoms with van der Waals surface area (Å²) in [4.78, 5) is 10.8. The predicted octanol–water partition coefficient (Wildman–Crippen LogP) is 3.81. The van der Waals surface area contributed by atoms with Crippen LogP contribution in [0, 0.1) is 17.8 Å². The lowest BCUT2D eigenvalue weighted by Gasteiger charge is -2.26. The van der Waals surface area contributed by atoms with Crippen molar-refractivity contribution in [3.8, 4) is 0 Å². The van der Waals surface area contributed by atoms with Crippen LogP contribution in [0.15, 0.2) is 0 Å². The van der Waals surface area contributed by atoms with E-state index in [1.807, 2.05) is 6.92 Å². The zero-order chi connectivity index (χ0) is 14.1. The second kappa shape index (κ2) is 9.35. The molecular formula is C16H30O3. The Labute approximate surface area is 118 Å². The van der Waals surface area contributed by atoms with Crippen LogP contribution >= 0.6 is 0 Å². The van der Waals surface area contributed by atoms with E-state index >= 15 is 0 Å². The Bertz CT molecular complexity index is 242. The molecule has 1 aliphatic carbocycles. The summed E-state index contributed by atoms with van der Waals surface area (Å²) in [6.45, 7) is 8.71. The molecule has 0 N–H and O–H groups in total. The maximum absolute atomic E-state index is 10.8. The molecule has 0 aromatic heterocycles. The van der Waals surface area contributed by atoms with Crippen LogP contribution in [0.2, 0.25) is 0 Å². The van der Waals surface area contributed by atoms with Crippen LogP contribution in [0.1, 0.15) is 59.3 Å². The minimum atomic E-state index is 0.0967. The molecule has 19 heavy (non-hydrogen) atoms. The lowest BCUT2D eigenvalue weighted by atomic mass is 9.87. The first-order valence-corrected chi connectivity index (χ1v) is 7.93. The van der Waals surface area contributed by atoms with Crippen LogP contribution in [0.5, 0.6) is 0 Å². The molecule has 1 fully saturated rings. The van der Waals surface area contributed by atoms with Gasteiger partial charge in [-0.25, -0.2) is 0 Å². The van der Waals surface area contributed by atoms with Gasteiger partial charge in [-0.15, -0.1) is 0 Å². The molecule has 3 nitrogen and oxygen atoms in total. The van der Waals surface area contributed by atoms with E-state index in [9.17, 15) is 4.79 Å². The summed E-state index contributed by atoms with van der Waals surface area (Å²) in [5, 5.41) is 0. The maximum Gasteiger partial charge on any atom is 0.293 e. The molecule has 4 atom stereocenters. The van der Waals surface area contributed by atoms with E-state index < -0.39 is 0 Å². The Morgan fingerprint density at radius 1 is 1.21 bits per heavy atom. The molecule has 0 amide bonds. The molecule has 0 spiro atoms. The maximum atomic E-state index is 10.8. The second-order valence-electron chi connectivity index (χ2n) is 5.69. The minimum absolute atomic E-state index is 0.0967. The van der Waals surface area contributed by atoms with Gasteiger partial charge in [-0.3, -0.25) is 4.79 Å². The van der Waals surface area contributed by atoms with Gasteiger partial charge in [-0.2, -0.15) is 0 Å². The highest BCUT2D eigenvalue weighted by Crippen LogP contribution is 2.43. The first kappa shape index (κ1) is 16.5. The fourth-order valence-corrected chi connectivity index (χ4v) is 3.52. The monoisotopic (exact) mass is 270 g/mol. The third kappa shape index (κ3) is 5.13. The molecule has 0 radical (unpaired) electrons. The summed E-state index contributed by atoms with van der Waals surface area (Å²) in [6.07, 6.45) is 7.00. The topological polar surface area (TPSA) is 35.5 Å². The Balaban J connectivity index is 2.50. The summed E-state index contributed by atoms with van der Waals surface area (Å²) >= 11 is 0. The average Bonchev–Trinajstić information content (AvgIpc) is 2.85. The van der Waals surface area contributed by atoms with Crippen molar-refractivity contribution in [3.05, 3.63) is 0 Å². The average molecular weight is 270 g/mol. The van der Waals surface area contributed by atoms with Gasteiger partial charge in [0.25, 0.3) is 6.47 Å². The molecular weight excluding hydrogens is 240 g/mol. The van der Waals surface area contributed by atoms with E-state index in [0.717, 1.165) is 37.9 Å². The molecule has 1 rings (SSSR count). The zero-order valence-corrected chi connectivity index (χ0v) is 12.8. The summed E-state index contributed by atoms with van der Waals surface area (Å²) < 4.78 is 10.8. The van der Waals surface area contributed by atoms with Gasteiger partial charge in [0.1, 0.15) is 6.10 Å². The molecule has 0 aromatic rings. The molecule has 0 saturated heterocycles. The van der Waals surface area contributed by atoms with Crippen LogP contribution in [-0.2, 0) is 14.3 Å². The molecule has 0 bridgehead atoms. The fourth-order valence-electron chi connectivity index (χ4n) is 3.52. The van der Waals surface area contributed by atoms with E-state index in [2.05, 4.69) is 13.8 Å². The third-order valence-corrected chi connectivity index (χ3v) is 4.64.